The molecule has 0 bridgehead atoms. The van der Waals surface area contributed by atoms with Crippen LogP contribution in [-0.4, -0.2) is 56.8 Å². The van der Waals surface area contributed by atoms with Gasteiger partial charge in [-0.15, -0.1) is 0 Å². The third kappa shape index (κ3) is 7.55. The molecule has 1 saturated carbocycles. The summed E-state index contributed by atoms with van der Waals surface area (Å²) in [5.74, 6) is -0.0623. The Morgan fingerprint density at radius 2 is 1.86 bits per heavy atom. The second kappa shape index (κ2) is 12.2. The molecule has 1 N–H and O–H groups in total. The van der Waals surface area contributed by atoms with Gasteiger partial charge in [0.2, 0.25) is 0 Å². The third-order valence-electron chi connectivity index (χ3n) is 6.01. The van der Waals surface area contributed by atoms with Crippen molar-refractivity contribution in [2.24, 2.45) is 5.92 Å². The van der Waals surface area contributed by atoms with Crippen LogP contribution in [0.5, 0.6) is 11.5 Å². The van der Waals surface area contributed by atoms with Crippen molar-refractivity contribution in [1.82, 2.24) is 10.2 Å². The van der Waals surface area contributed by atoms with Crippen molar-refractivity contribution in [3.05, 3.63) is 57.0 Å². The Morgan fingerprint density at radius 1 is 1.17 bits per heavy atom. The maximum absolute atomic E-state index is 13.0. The smallest absolute Gasteiger partial charge is 0.387 e. The van der Waals surface area contributed by atoms with Gasteiger partial charge in [-0.05, 0) is 36.5 Å². The second-order valence-electron chi connectivity index (χ2n) is 8.84. The molecular formula is C24H27Cl2F2N3O5. The standard InChI is InChI=1S/C24H27Cl2F2N3O5/c25-18-11-31(33)12-19(26)17(18)10-21(35-23(32)13-30-7-5-29-6-8-30)16-3-4-20(36-24(27)28)22(9-16)34-14-15-1-2-15/h3-4,9,11-12,15,21,24,29H,1-2,5-8,10,13-14H2/t21-/m0/s1. The molecule has 2 heterocycles. The van der Waals surface area contributed by atoms with E-state index in [4.69, 9.17) is 32.7 Å². The predicted octanol–water partition coefficient (Wildman–Crippen LogP) is 3.75. The Kier molecular flexibility index (Phi) is 9.05. The summed E-state index contributed by atoms with van der Waals surface area (Å²) in [7, 11) is 0. The van der Waals surface area contributed by atoms with Crippen LogP contribution in [0.3, 0.4) is 0 Å². The molecule has 2 aliphatic rings. The van der Waals surface area contributed by atoms with Crippen molar-refractivity contribution < 1.29 is 32.5 Å². The average molecular weight is 546 g/mol. The van der Waals surface area contributed by atoms with Crippen LogP contribution >= 0.6 is 23.2 Å². The van der Waals surface area contributed by atoms with E-state index in [1.165, 1.54) is 18.2 Å². The molecular weight excluding hydrogens is 519 g/mol. The minimum Gasteiger partial charge on any atom is -0.619 e. The molecule has 36 heavy (non-hydrogen) atoms. The largest absolute Gasteiger partial charge is 0.619 e. The van der Waals surface area contributed by atoms with E-state index < -0.39 is 18.7 Å². The van der Waals surface area contributed by atoms with Gasteiger partial charge in [0.15, 0.2) is 23.9 Å². The highest BCUT2D eigenvalue weighted by molar-refractivity contribution is 6.35. The van der Waals surface area contributed by atoms with Gasteiger partial charge in [0.1, 0.15) is 16.1 Å². The molecule has 0 radical (unpaired) electrons. The van der Waals surface area contributed by atoms with Crippen molar-refractivity contribution in [2.45, 2.75) is 32.0 Å². The number of nitrogens with one attached hydrogen (secondary N) is 1. The van der Waals surface area contributed by atoms with Gasteiger partial charge in [-0.1, -0.05) is 29.3 Å². The van der Waals surface area contributed by atoms with Crippen LogP contribution in [0, 0.1) is 11.1 Å². The number of hydrogen-bond donors (Lipinski definition) is 1. The lowest BCUT2D eigenvalue weighted by Crippen LogP contribution is -2.45. The van der Waals surface area contributed by atoms with Crippen molar-refractivity contribution in [1.29, 1.82) is 0 Å². The molecule has 0 amide bonds. The zero-order chi connectivity index (χ0) is 25.7. The molecule has 1 aliphatic heterocycles. The molecule has 4 rings (SSSR count). The van der Waals surface area contributed by atoms with Crippen molar-refractivity contribution >= 4 is 29.2 Å². The second-order valence-corrected chi connectivity index (χ2v) is 9.65. The lowest BCUT2D eigenvalue weighted by atomic mass is 10.0. The van der Waals surface area contributed by atoms with Crippen LogP contribution < -0.4 is 19.5 Å². The van der Waals surface area contributed by atoms with Crippen molar-refractivity contribution in [2.75, 3.05) is 39.3 Å². The Morgan fingerprint density at radius 3 is 2.50 bits per heavy atom. The summed E-state index contributed by atoms with van der Waals surface area (Å²) in [6.07, 6.45) is 3.53. The molecule has 196 valence electrons. The highest BCUT2D eigenvalue weighted by Crippen LogP contribution is 2.37. The number of carbonyl (C=O) groups is 1. The lowest BCUT2D eigenvalue weighted by molar-refractivity contribution is -0.605. The first kappa shape index (κ1) is 26.7. The third-order valence-corrected chi connectivity index (χ3v) is 6.66. The summed E-state index contributed by atoms with van der Waals surface area (Å²) in [5.41, 5.74) is 0.904. The van der Waals surface area contributed by atoms with E-state index in [1.807, 2.05) is 4.90 Å². The number of pyridine rings is 1. The molecule has 12 heteroatoms. The molecule has 0 spiro atoms. The number of nitrogens with zero attached hydrogens (tertiary/aromatic N) is 2. The normalized spacial score (nSPS) is 17.1. The van der Waals surface area contributed by atoms with Crippen LogP contribution in [0.4, 0.5) is 8.78 Å². The zero-order valence-corrected chi connectivity index (χ0v) is 20.9. The molecule has 1 aromatic carbocycles. The summed E-state index contributed by atoms with van der Waals surface area (Å²) in [6, 6.07) is 4.42. The Balaban J connectivity index is 1.60. The maximum Gasteiger partial charge on any atom is 0.387 e. The van der Waals surface area contributed by atoms with Crippen LogP contribution in [0.2, 0.25) is 10.0 Å². The van der Waals surface area contributed by atoms with Gasteiger partial charge in [-0.25, -0.2) is 0 Å². The van der Waals surface area contributed by atoms with Gasteiger partial charge in [0, 0.05) is 38.2 Å². The Hall–Kier alpha value is -2.40. The number of rotatable bonds is 11. The number of carbonyl (C=O) groups excluding carboxylic acids is 1. The van der Waals surface area contributed by atoms with Gasteiger partial charge >= 0.3 is 12.6 Å². The number of benzene rings is 1. The minimum absolute atomic E-state index is 0.0585. The molecule has 2 fully saturated rings. The molecule has 1 aliphatic carbocycles. The number of halogens is 4. The van der Waals surface area contributed by atoms with Crippen molar-refractivity contribution in [3.63, 3.8) is 0 Å². The van der Waals surface area contributed by atoms with Crippen LogP contribution in [-0.2, 0) is 16.0 Å². The molecule has 0 unspecified atom stereocenters. The van der Waals surface area contributed by atoms with E-state index in [-0.39, 0.29) is 34.5 Å². The first-order valence-corrected chi connectivity index (χ1v) is 12.4. The highest BCUT2D eigenvalue weighted by Gasteiger charge is 2.27. The van der Waals surface area contributed by atoms with Gasteiger partial charge in [0.25, 0.3) is 0 Å². The van der Waals surface area contributed by atoms with Crippen LogP contribution in [0.1, 0.15) is 30.1 Å². The van der Waals surface area contributed by atoms with E-state index in [9.17, 15) is 18.8 Å². The van der Waals surface area contributed by atoms with E-state index in [2.05, 4.69) is 10.1 Å². The maximum atomic E-state index is 13.0. The fraction of sp³-hybridized carbons (Fsp3) is 0.500. The number of ether oxygens (including phenoxy) is 3. The molecule has 2 aromatic rings. The summed E-state index contributed by atoms with van der Waals surface area (Å²) in [6.45, 7) is 0.398. The SMILES string of the molecule is O=C(CN1CCNCC1)O[C@@H](Cc1c(Cl)c[n+]([O-])cc1Cl)c1ccc(OC(F)F)c(OCC2CC2)c1. The van der Waals surface area contributed by atoms with Crippen LogP contribution in [0.25, 0.3) is 0 Å². The van der Waals surface area contributed by atoms with Gasteiger partial charge in [-0.3, -0.25) is 9.69 Å². The molecule has 1 atom stereocenters. The quantitative estimate of drug-likeness (QED) is 0.261. The van der Waals surface area contributed by atoms with E-state index >= 15 is 0 Å². The Labute approximate surface area is 217 Å². The van der Waals surface area contributed by atoms with E-state index in [0.29, 0.717) is 41.5 Å². The number of aromatic nitrogens is 1. The molecule has 1 aromatic heterocycles. The minimum atomic E-state index is -3.02. The summed E-state index contributed by atoms with van der Waals surface area (Å²) in [4.78, 5) is 14.8. The predicted molar refractivity (Wildman–Crippen MR) is 129 cm³/mol. The average Bonchev–Trinajstić information content (AvgIpc) is 3.65. The summed E-state index contributed by atoms with van der Waals surface area (Å²) in [5, 5.41) is 15.1. The molecule has 8 nitrogen and oxygen atoms in total. The monoisotopic (exact) mass is 545 g/mol. The first-order valence-electron chi connectivity index (χ1n) is 11.7. The number of hydrogen-bond acceptors (Lipinski definition) is 7. The van der Waals surface area contributed by atoms with Crippen molar-refractivity contribution in [3.8, 4) is 11.5 Å². The van der Waals surface area contributed by atoms with Crippen LogP contribution in [0.15, 0.2) is 30.6 Å². The zero-order valence-electron chi connectivity index (χ0n) is 19.4. The van der Waals surface area contributed by atoms with Gasteiger partial charge < -0.3 is 24.7 Å². The summed E-state index contributed by atoms with van der Waals surface area (Å²) < 4.78 is 42.7. The highest BCUT2D eigenvalue weighted by atomic mass is 35.5. The van der Waals surface area contributed by atoms with E-state index in [0.717, 1.165) is 38.3 Å². The fourth-order valence-electron chi connectivity index (χ4n) is 3.91. The topological polar surface area (TPSA) is 87.0 Å². The summed E-state index contributed by atoms with van der Waals surface area (Å²) >= 11 is 12.5. The van der Waals surface area contributed by atoms with Gasteiger partial charge in [0.05, 0.1) is 13.2 Å². The number of esters is 1. The number of alkyl halides is 2. The fourth-order valence-corrected chi connectivity index (χ4v) is 4.51. The number of piperazine rings is 1. The molecule has 1 saturated heterocycles. The lowest BCUT2D eigenvalue weighted by Gasteiger charge is -2.27. The first-order chi connectivity index (χ1) is 17.3. The van der Waals surface area contributed by atoms with Gasteiger partial charge in [-0.2, -0.15) is 13.5 Å². The Bertz CT molecular complexity index is 1050. The van der Waals surface area contributed by atoms with E-state index in [1.54, 1.807) is 0 Å².